The topological polar surface area (TPSA) is 104 Å². The highest BCUT2D eigenvalue weighted by Crippen LogP contribution is 2.26. The summed E-state index contributed by atoms with van der Waals surface area (Å²) in [7, 11) is 0. The Morgan fingerprint density at radius 1 is 0.977 bits per heavy atom. The van der Waals surface area contributed by atoms with E-state index < -0.39 is 5.97 Å². The van der Waals surface area contributed by atoms with Gasteiger partial charge in [-0.3, -0.25) is 14.3 Å². The van der Waals surface area contributed by atoms with Crippen LogP contribution in [0.5, 0.6) is 0 Å². The molecule has 0 fully saturated rings. The molecule has 0 aliphatic rings. The molecule has 0 unspecified atom stereocenters. The summed E-state index contributed by atoms with van der Waals surface area (Å²) in [6, 6.07) is 20.1. The maximum Gasteiger partial charge on any atom is 0.331 e. The Balaban J connectivity index is 1.53. The smallest absolute Gasteiger partial charge is 0.318 e. The molecule has 5 aromatic rings. The quantitative estimate of drug-likeness (QED) is 0.120. The number of aryl methyl sites for hydroxylation is 3. The van der Waals surface area contributed by atoms with E-state index in [0.717, 1.165) is 57.6 Å². The Labute approximate surface area is 250 Å². The van der Waals surface area contributed by atoms with Gasteiger partial charge in [-0.15, -0.1) is 0 Å². The summed E-state index contributed by atoms with van der Waals surface area (Å²) in [5.41, 5.74) is 7.96. The van der Waals surface area contributed by atoms with Crippen molar-refractivity contribution < 1.29 is 9.63 Å². The fourth-order valence-corrected chi connectivity index (χ4v) is 5.26. The van der Waals surface area contributed by atoms with Gasteiger partial charge in [-0.2, -0.15) is 10.1 Å². The van der Waals surface area contributed by atoms with E-state index in [1.165, 1.54) is 6.92 Å². The predicted octanol–water partition coefficient (Wildman–Crippen LogP) is 5.70. The molecule has 0 aliphatic heterocycles. The third-order valence-corrected chi connectivity index (χ3v) is 7.39. The Morgan fingerprint density at radius 3 is 2.40 bits per heavy atom. The normalized spacial score (nSPS) is 11.7. The van der Waals surface area contributed by atoms with E-state index in [4.69, 9.17) is 9.94 Å². The number of hydrogen-bond acceptors (Lipinski definition) is 7. The molecule has 9 nitrogen and oxygen atoms in total. The first kappa shape index (κ1) is 29.6. The van der Waals surface area contributed by atoms with Crippen LogP contribution in [-0.4, -0.2) is 35.8 Å². The van der Waals surface area contributed by atoms with Gasteiger partial charge >= 0.3 is 5.97 Å². The lowest BCUT2D eigenvalue weighted by Crippen LogP contribution is -2.30. The minimum absolute atomic E-state index is 0.0605. The van der Waals surface area contributed by atoms with Gasteiger partial charge in [0.2, 0.25) is 5.78 Å². The standard InChI is InChI=1S/C34H36N6O3/c1-6-10-32-31(33(42)39(34-36-23(4)37-40(32)34)21-26-15-18-28(7-2)35-20-26)19-25-13-16-27(17-14-25)30-12-9-8-11-29(30)22(3)38-43-24(5)41/h8-9,11-18,20H,6-7,10,19,21H2,1-5H3/b38-22+. The van der Waals surface area contributed by atoms with Crippen molar-refractivity contribution in [3.63, 3.8) is 0 Å². The molecular formula is C34H36N6O3. The molecule has 5 rings (SSSR count). The molecule has 0 bridgehead atoms. The van der Waals surface area contributed by atoms with Crippen LogP contribution < -0.4 is 5.56 Å². The van der Waals surface area contributed by atoms with E-state index >= 15 is 0 Å². The van der Waals surface area contributed by atoms with Crippen molar-refractivity contribution in [3.05, 3.63) is 117 Å². The molecule has 0 N–H and O–H groups in total. The Bertz CT molecular complexity index is 1850. The first-order valence-corrected chi connectivity index (χ1v) is 14.6. The van der Waals surface area contributed by atoms with Crippen LogP contribution >= 0.6 is 0 Å². The highest BCUT2D eigenvalue weighted by atomic mass is 16.7. The summed E-state index contributed by atoms with van der Waals surface area (Å²) in [4.78, 5) is 39.4. The zero-order valence-corrected chi connectivity index (χ0v) is 25.3. The number of hydrogen-bond donors (Lipinski definition) is 0. The number of carbonyl (C=O) groups is 1. The molecule has 0 saturated carbocycles. The van der Waals surface area contributed by atoms with Gasteiger partial charge in [-0.25, -0.2) is 9.31 Å². The second kappa shape index (κ2) is 12.9. The number of rotatable bonds is 10. The lowest BCUT2D eigenvalue weighted by molar-refractivity contribution is -0.140. The van der Waals surface area contributed by atoms with Gasteiger partial charge in [0, 0.05) is 36.4 Å². The molecule has 0 radical (unpaired) electrons. The summed E-state index contributed by atoms with van der Waals surface area (Å²) in [6.07, 6.45) is 4.74. The van der Waals surface area contributed by atoms with Crippen LogP contribution in [0.15, 0.2) is 76.8 Å². The van der Waals surface area contributed by atoms with E-state index in [9.17, 15) is 9.59 Å². The van der Waals surface area contributed by atoms with Crippen LogP contribution in [-0.2, 0) is 35.4 Å². The molecule has 2 aromatic carbocycles. The van der Waals surface area contributed by atoms with Crippen LogP contribution in [0.4, 0.5) is 0 Å². The van der Waals surface area contributed by atoms with Crippen LogP contribution in [0.1, 0.15) is 73.6 Å². The SMILES string of the molecule is CCCc1c(Cc2ccc(-c3ccccc3/C(C)=N/OC(C)=O)cc2)c(=O)n(Cc2ccc(CC)nc2)c2nc(C)nn12. The van der Waals surface area contributed by atoms with Crippen LogP contribution in [0, 0.1) is 6.92 Å². The molecule has 0 atom stereocenters. The number of pyridine rings is 1. The van der Waals surface area contributed by atoms with Gasteiger partial charge in [0.1, 0.15) is 5.82 Å². The van der Waals surface area contributed by atoms with E-state index in [1.807, 2.05) is 85.2 Å². The summed E-state index contributed by atoms with van der Waals surface area (Å²) >= 11 is 0. The predicted molar refractivity (Wildman–Crippen MR) is 167 cm³/mol. The molecule has 3 heterocycles. The highest BCUT2D eigenvalue weighted by molar-refractivity contribution is 6.04. The van der Waals surface area contributed by atoms with E-state index in [1.54, 1.807) is 4.57 Å². The van der Waals surface area contributed by atoms with Crippen molar-refractivity contribution in [1.82, 2.24) is 24.1 Å². The summed E-state index contributed by atoms with van der Waals surface area (Å²) in [6.45, 7) is 9.52. The zero-order valence-electron chi connectivity index (χ0n) is 25.3. The van der Waals surface area contributed by atoms with Gasteiger partial charge in [-0.1, -0.05) is 80.0 Å². The number of aromatic nitrogens is 5. The lowest BCUT2D eigenvalue weighted by Gasteiger charge is -2.16. The molecule has 9 heteroatoms. The molecule has 0 aliphatic carbocycles. The summed E-state index contributed by atoms with van der Waals surface area (Å²) in [5.74, 6) is 0.706. The minimum atomic E-state index is -0.465. The van der Waals surface area contributed by atoms with E-state index in [2.05, 4.69) is 29.0 Å². The average Bonchev–Trinajstić information content (AvgIpc) is 3.41. The monoisotopic (exact) mass is 576 g/mol. The van der Waals surface area contributed by atoms with Crippen LogP contribution in [0.25, 0.3) is 16.9 Å². The maximum atomic E-state index is 14.1. The molecule has 220 valence electrons. The molecule has 0 amide bonds. The number of oxime groups is 1. The second-order valence-corrected chi connectivity index (χ2v) is 10.6. The van der Waals surface area contributed by atoms with E-state index in [0.29, 0.717) is 36.7 Å². The largest absolute Gasteiger partial charge is 0.331 e. The van der Waals surface area contributed by atoms with Crippen molar-refractivity contribution in [2.24, 2.45) is 5.16 Å². The fraction of sp³-hybridized carbons (Fsp3) is 0.294. The van der Waals surface area contributed by atoms with E-state index in [-0.39, 0.29) is 5.56 Å². The number of fused-ring (bicyclic) bond motifs is 1. The molecule has 3 aromatic heterocycles. The minimum Gasteiger partial charge on any atom is -0.318 e. The first-order valence-electron chi connectivity index (χ1n) is 14.6. The average molecular weight is 577 g/mol. The lowest BCUT2D eigenvalue weighted by atomic mass is 9.95. The van der Waals surface area contributed by atoms with Crippen molar-refractivity contribution >= 4 is 17.5 Å². The molecule has 0 spiro atoms. The third kappa shape index (κ3) is 6.45. The van der Waals surface area contributed by atoms with Gasteiger partial charge in [0.15, 0.2) is 0 Å². The summed E-state index contributed by atoms with van der Waals surface area (Å²) < 4.78 is 3.56. The van der Waals surface area contributed by atoms with Crippen LogP contribution in [0.3, 0.4) is 0 Å². The maximum absolute atomic E-state index is 14.1. The van der Waals surface area contributed by atoms with Gasteiger partial charge in [0.25, 0.3) is 5.56 Å². The Morgan fingerprint density at radius 2 is 1.72 bits per heavy atom. The Kier molecular flexibility index (Phi) is 8.90. The van der Waals surface area contributed by atoms with Gasteiger partial charge < -0.3 is 4.84 Å². The number of nitrogens with zero attached hydrogens (tertiary/aromatic N) is 6. The first-order chi connectivity index (χ1) is 20.8. The van der Waals surface area contributed by atoms with Crippen molar-refractivity contribution in [3.8, 4) is 11.1 Å². The highest BCUT2D eigenvalue weighted by Gasteiger charge is 2.20. The number of benzene rings is 2. The van der Waals surface area contributed by atoms with Crippen molar-refractivity contribution in [1.29, 1.82) is 0 Å². The molecular weight excluding hydrogens is 540 g/mol. The Hall–Kier alpha value is -4.92. The zero-order chi connectivity index (χ0) is 30.5. The summed E-state index contributed by atoms with van der Waals surface area (Å²) in [5, 5.41) is 8.67. The molecule has 43 heavy (non-hydrogen) atoms. The molecule has 0 saturated heterocycles. The van der Waals surface area contributed by atoms with Crippen molar-refractivity contribution in [2.75, 3.05) is 0 Å². The van der Waals surface area contributed by atoms with Crippen molar-refractivity contribution in [2.45, 2.75) is 66.8 Å². The third-order valence-electron chi connectivity index (χ3n) is 7.39. The van der Waals surface area contributed by atoms with Gasteiger partial charge in [0.05, 0.1) is 18.0 Å². The fourth-order valence-electron chi connectivity index (χ4n) is 5.26. The second-order valence-electron chi connectivity index (χ2n) is 10.6. The number of carbonyl (C=O) groups excluding carboxylic acids is 1. The van der Waals surface area contributed by atoms with Gasteiger partial charge in [-0.05, 0) is 55.0 Å². The van der Waals surface area contributed by atoms with Crippen LogP contribution in [0.2, 0.25) is 0 Å².